The van der Waals surface area contributed by atoms with Crippen LogP contribution in [0.25, 0.3) is 5.57 Å². The number of rotatable bonds is 4. The normalized spacial score (nSPS) is 23.8. The zero-order valence-electron chi connectivity index (χ0n) is 14.2. The van der Waals surface area contributed by atoms with Gasteiger partial charge in [-0.1, -0.05) is 12.1 Å². The summed E-state index contributed by atoms with van der Waals surface area (Å²) in [6, 6.07) is 6.71. The minimum absolute atomic E-state index is 0.138. The zero-order chi connectivity index (χ0) is 17.5. The second-order valence-corrected chi connectivity index (χ2v) is 8.87. The standard InChI is InChI=1S/C18H22O5S/c1-18(2)17(12-7-9-13(10-8-12)24(3,20)21)16(11-22-18)23-15-6-4-5-14(15)19/h7-10,15H,4-6,11H2,1-3H3. The highest BCUT2D eigenvalue weighted by Crippen LogP contribution is 2.40. The second kappa shape index (κ2) is 6.01. The molecule has 130 valence electrons. The molecule has 3 rings (SSSR count). The maximum absolute atomic E-state index is 11.9. The van der Waals surface area contributed by atoms with Crippen molar-refractivity contribution in [3.8, 4) is 0 Å². The van der Waals surface area contributed by atoms with E-state index in [0.29, 0.717) is 18.8 Å². The van der Waals surface area contributed by atoms with Crippen LogP contribution in [0.1, 0.15) is 38.7 Å². The maximum Gasteiger partial charge on any atom is 0.175 e. The largest absolute Gasteiger partial charge is 0.484 e. The molecule has 0 saturated heterocycles. The Morgan fingerprint density at radius 3 is 2.42 bits per heavy atom. The lowest BCUT2D eigenvalue weighted by Crippen LogP contribution is -2.21. The highest BCUT2D eigenvalue weighted by Gasteiger charge is 2.38. The molecule has 2 aliphatic rings. The lowest BCUT2D eigenvalue weighted by Gasteiger charge is -2.22. The zero-order valence-corrected chi connectivity index (χ0v) is 15.0. The molecule has 1 saturated carbocycles. The molecule has 24 heavy (non-hydrogen) atoms. The molecule has 0 spiro atoms. The van der Waals surface area contributed by atoms with Crippen LogP contribution in [0.3, 0.4) is 0 Å². The van der Waals surface area contributed by atoms with Gasteiger partial charge in [-0.15, -0.1) is 0 Å². The van der Waals surface area contributed by atoms with E-state index in [4.69, 9.17) is 9.47 Å². The summed E-state index contributed by atoms with van der Waals surface area (Å²) < 4.78 is 35.1. The summed E-state index contributed by atoms with van der Waals surface area (Å²) in [7, 11) is -3.23. The van der Waals surface area contributed by atoms with Gasteiger partial charge < -0.3 is 9.47 Å². The monoisotopic (exact) mass is 350 g/mol. The molecule has 1 unspecified atom stereocenters. The third-order valence-electron chi connectivity index (χ3n) is 4.55. The molecule has 0 amide bonds. The number of hydrogen-bond acceptors (Lipinski definition) is 5. The minimum atomic E-state index is -3.23. The summed E-state index contributed by atoms with van der Waals surface area (Å²) in [4.78, 5) is 12.1. The highest BCUT2D eigenvalue weighted by atomic mass is 32.2. The molecule has 0 N–H and O–H groups in total. The molecule has 0 aromatic heterocycles. The van der Waals surface area contributed by atoms with E-state index in [1.165, 1.54) is 6.26 Å². The molecule has 5 nitrogen and oxygen atoms in total. The van der Waals surface area contributed by atoms with E-state index in [0.717, 1.165) is 24.0 Å². The first-order valence-electron chi connectivity index (χ1n) is 8.06. The van der Waals surface area contributed by atoms with Gasteiger partial charge in [0.05, 0.1) is 10.5 Å². The van der Waals surface area contributed by atoms with Crippen molar-refractivity contribution in [3.63, 3.8) is 0 Å². The van der Waals surface area contributed by atoms with E-state index in [-0.39, 0.29) is 16.8 Å². The Kier molecular flexibility index (Phi) is 4.30. The van der Waals surface area contributed by atoms with Crippen LogP contribution in [-0.4, -0.2) is 38.8 Å². The summed E-state index contributed by atoms with van der Waals surface area (Å²) >= 11 is 0. The average Bonchev–Trinajstić information content (AvgIpc) is 3.02. The number of ketones is 1. The number of carbonyl (C=O) groups excluding carboxylic acids is 1. The summed E-state index contributed by atoms with van der Waals surface area (Å²) in [5, 5.41) is 0. The van der Waals surface area contributed by atoms with Gasteiger partial charge in [0.1, 0.15) is 12.4 Å². The smallest absolute Gasteiger partial charge is 0.175 e. The van der Waals surface area contributed by atoms with Crippen molar-refractivity contribution < 1.29 is 22.7 Å². The molecule has 1 aromatic carbocycles. The Hall–Kier alpha value is -1.66. The summed E-state index contributed by atoms with van der Waals surface area (Å²) in [6.45, 7) is 4.21. The number of hydrogen-bond donors (Lipinski definition) is 0. The summed E-state index contributed by atoms with van der Waals surface area (Å²) in [5.41, 5.74) is 1.18. The fourth-order valence-electron chi connectivity index (χ4n) is 3.28. The van der Waals surface area contributed by atoms with Gasteiger partial charge in [0, 0.05) is 18.2 Å². The van der Waals surface area contributed by atoms with Crippen LogP contribution in [-0.2, 0) is 24.1 Å². The summed E-state index contributed by atoms with van der Waals surface area (Å²) in [5.74, 6) is 0.811. The van der Waals surface area contributed by atoms with Gasteiger partial charge in [0.2, 0.25) is 0 Å². The van der Waals surface area contributed by atoms with Gasteiger partial charge in [-0.25, -0.2) is 8.42 Å². The molecule has 1 atom stereocenters. The molecule has 6 heteroatoms. The van der Waals surface area contributed by atoms with Crippen molar-refractivity contribution >= 4 is 21.2 Å². The molecule has 1 aliphatic heterocycles. The predicted octanol–water partition coefficient (Wildman–Crippen LogP) is 2.75. The van der Waals surface area contributed by atoms with Crippen LogP contribution in [0.5, 0.6) is 0 Å². The Morgan fingerprint density at radius 1 is 1.21 bits per heavy atom. The first kappa shape index (κ1) is 17.2. The lowest BCUT2D eigenvalue weighted by atomic mass is 9.92. The number of carbonyl (C=O) groups is 1. The SMILES string of the molecule is CC1(C)OCC(OC2CCCC2=O)=C1c1ccc(S(C)(=O)=O)cc1. The van der Waals surface area contributed by atoms with Crippen LogP contribution < -0.4 is 0 Å². The predicted molar refractivity (Wildman–Crippen MR) is 90.2 cm³/mol. The van der Waals surface area contributed by atoms with Gasteiger partial charge in [-0.05, 0) is 44.4 Å². The Labute approximate surface area is 142 Å². The molecular formula is C18H22O5S. The first-order chi connectivity index (χ1) is 11.2. The van der Waals surface area contributed by atoms with Crippen LogP contribution >= 0.6 is 0 Å². The first-order valence-corrected chi connectivity index (χ1v) is 9.95. The summed E-state index contributed by atoms with van der Waals surface area (Å²) in [6.07, 6.45) is 2.97. The van der Waals surface area contributed by atoms with Crippen LogP contribution in [0.15, 0.2) is 34.9 Å². The average molecular weight is 350 g/mol. The molecule has 0 bridgehead atoms. The van der Waals surface area contributed by atoms with E-state index in [2.05, 4.69) is 0 Å². The van der Waals surface area contributed by atoms with Gasteiger partial charge in [0.15, 0.2) is 21.7 Å². The van der Waals surface area contributed by atoms with E-state index < -0.39 is 15.4 Å². The van der Waals surface area contributed by atoms with Gasteiger partial charge in [-0.3, -0.25) is 4.79 Å². The fraction of sp³-hybridized carbons (Fsp3) is 0.500. The van der Waals surface area contributed by atoms with E-state index in [9.17, 15) is 13.2 Å². The van der Waals surface area contributed by atoms with Gasteiger partial charge in [0.25, 0.3) is 0 Å². The molecule has 1 aromatic rings. The topological polar surface area (TPSA) is 69.7 Å². The van der Waals surface area contributed by atoms with Gasteiger partial charge >= 0.3 is 0 Å². The number of Topliss-reactive ketones (excluding diaryl/α,β-unsaturated/α-hetero) is 1. The Bertz CT molecular complexity index is 787. The highest BCUT2D eigenvalue weighted by molar-refractivity contribution is 7.90. The van der Waals surface area contributed by atoms with Crippen LogP contribution in [0.2, 0.25) is 0 Å². The Balaban J connectivity index is 1.96. The van der Waals surface area contributed by atoms with Crippen molar-refractivity contribution in [2.45, 2.75) is 49.7 Å². The number of ether oxygens (including phenoxy) is 2. The molecule has 1 heterocycles. The fourth-order valence-corrected chi connectivity index (χ4v) is 3.91. The molecule has 1 aliphatic carbocycles. The van der Waals surface area contributed by atoms with Crippen molar-refractivity contribution in [2.24, 2.45) is 0 Å². The van der Waals surface area contributed by atoms with E-state index in [1.54, 1.807) is 24.3 Å². The molecular weight excluding hydrogens is 328 g/mol. The second-order valence-electron chi connectivity index (χ2n) is 6.86. The molecule has 1 fully saturated rings. The van der Waals surface area contributed by atoms with E-state index >= 15 is 0 Å². The van der Waals surface area contributed by atoms with E-state index in [1.807, 2.05) is 13.8 Å². The van der Waals surface area contributed by atoms with Crippen molar-refractivity contribution in [1.82, 2.24) is 0 Å². The quantitative estimate of drug-likeness (QED) is 0.835. The molecule has 0 radical (unpaired) electrons. The van der Waals surface area contributed by atoms with Gasteiger partial charge in [-0.2, -0.15) is 0 Å². The van der Waals surface area contributed by atoms with Crippen molar-refractivity contribution in [1.29, 1.82) is 0 Å². The van der Waals surface area contributed by atoms with Crippen LogP contribution in [0, 0.1) is 0 Å². The van der Waals surface area contributed by atoms with Crippen LogP contribution in [0.4, 0.5) is 0 Å². The Morgan fingerprint density at radius 2 is 1.88 bits per heavy atom. The third kappa shape index (κ3) is 3.26. The third-order valence-corrected chi connectivity index (χ3v) is 5.68. The number of benzene rings is 1. The number of sulfone groups is 1. The minimum Gasteiger partial charge on any atom is -0.484 e. The maximum atomic E-state index is 11.9. The van der Waals surface area contributed by atoms with Crippen molar-refractivity contribution in [2.75, 3.05) is 12.9 Å². The lowest BCUT2D eigenvalue weighted by molar-refractivity contribution is -0.125. The van der Waals surface area contributed by atoms with Crippen molar-refractivity contribution in [3.05, 3.63) is 35.6 Å².